The maximum atomic E-state index is 11.7. The van der Waals surface area contributed by atoms with Gasteiger partial charge in [-0.1, -0.05) is 19.8 Å². The molecule has 1 amide bonds. The van der Waals surface area contributed by atoms with Gasteiger partial charge >= 0.3 is 0 Å². The summed E-state index contributed by atoms with van der Waals surface area (Å²) in [6.45, 7) is 7.21. The van der Waals surface area contributed by atoms with Crippen LogP contribution in [0.5, 0.6) is 0 Å². The number of nitrogens with zero attached hydrogens (tertiary/aromatic N) is 2. The smallest absolute Gasteiger partial charge is 0.222 e. The number of hydrogen-bond donors (Lipinski definition) is 0. The highest BCUT2D eigenvalue weighted by Crippen LogP contribution is 2.05. The minimum atomic E-state index is -0.0694. The molecule has 0 spiro atoms. The molecule has 3 heteroatoms. The van der Waals surface area contributed by atoms with Gasteiger partial charge in [-0.2, -0.15) is 5.26 Å². The van der Waals surface area contributed by atoms with Gasteiger partial charge in [0.25, 0.3) is 0 Å². The molecule has 0 aliphatic heterocycles. The number of rotatable bonds is 7. The lowest BCUT2D eigenvalue weighted by Crippen LogP contribution is -2.34. The third-order valence-electron chi connectivity index (χ3n) is 2.44. The van der Waals surface area contributed by atoms with E-state index in [2.05, 4.69) is 13.0 Å². The van der Waals surface area contributed by atoms with Gasteiger partial charge in [0.15, 0.2) is 0 Å². The molecule has 1 unspecified atom stereocenters. The molecule has 0 saturated heterocycles. The van der Waals surface area contributed by atoms with Crippen LogP contribution in [-0.2, 0) is 4.79 Å². The van der Waals surface area contributed by atoms with Crippen LogP contribution in [-0.4, -0.2) is 23.9 Å². The number of unbranched alkanes of at least 4 members (excludes halogenated alkanes) is 2. The number of carbonyl (C=O) groups excluding carboxylic acids is 1. The standard InChI is InChI=1S/C12H22N2O/c1-4-6-7-8-12(15)14(5-2)10-11(3)9-13/h11H,4-8,10H2,1-3H3. The van der Waals surface area contributed by atoms with E-state index in [-0.39, 0.29) is 11.8 Å². The van der Waals surface area contributed by atoms with Gasteiger partial charge in [0.1, 0.15) is 0 Å². The number of carbonyl (C=O) groups is 1. The third-order valence-corrected chi connectivity index (χ3v) is 2.44. The summed E-state index contributed by atoms with van der Waals surface area (Å²) in [5, 5.41) is 8.69. The molecule has 1 atom stereocenters. The first-order valence-corrected chi connectivity index (χ1v) is 5.83. The van der Waals surface area contributed by atoms with E-state index in [9.17, 15) is 4.79 Å². The molecule has 0 aliphatic carbocycles. The first kappa shape index (κ1) is 14.0. The Kier molecular flexibility index (Phi) is 7.71. The molecule has 0 fully saturated rings. The van der Waals surface area contributed by atoms with Gasteiger partial charge in [-0.15, -0.1) is 0 Å². The lowest BCUT2D eigenvalue weighted by atomic mass is 10.1. The lowest BCUT2D eigenvalue weighted by Gasteiger charge is -2.21. The summed E-state index contributed by atoms with van der Waals surface area (Å²) in [5.41, 5.74) is 0. The fourth-order valence-corrected chi connectivity index (χ4v) is 1.46. The normalized spacial score (nSPS) is 11.9. The van der Waals surface area contributed by atoms with Crippen molar-refractivity contribution in [2.75, 3.05) is 13.1 Å². The molecular weight excluding hydrogens is 188 g/mol. The van der Waals surface area contributed by atoms with Crippen LogP contribution in [0.4, 0.5) is 0 Å². The largest absolute Gasteiger partial charge is 0.342 e. The summed E-state index contributed by atoms with van der Waals surface area (Å²) in [6, 6.07) is 2.16. The minimum Gasteiger partial charge on any atom is -0.342 e. The van der Waals surface area contributed by atoms with Crippen molar-refractivity contribution >= 4 is 5.91 Å². The van der Waals surface area contributed by atoms with E-state index in [1.807, 2.05) is 13.8 Å². The second-order valence-electron chi connectivity index (χ2n) is 3.92. The Labute approximate surface area is 93.1 Å². The Morgan fingerprint density at radius 1 is 1.40 bits per heavy atom. The minimum absolute atomic E-state index is 0.0694. The maximum absolute atomic E-state index is 11.7. The van der Waals surface area contributed by atoms with Gasteiger partial charge in [0.2, 0.25) is 5.91 Å². The topological polar surface area (TPSA) is 44.1 Å². The molecule has 86 valence electrons. The summed E-state index contributed by atoms with van der Waals surface area (Å²) in [5.74, 6) is 0.119. The van der Waals surface area contributed by atoms with Gasteiger partial charge in [-0.3, -0.25) is 4.79 Å². The predicted molar refractivity (Wildman–Crippen MR) is 61.2 cm³/mol. The molecule has 0 heterocycles. The number of hydrogen-bond acceptors (Lipinski definition) is 2. The van der Waals surface area contributed by atoms with Crippen molar-refractivity contribution in [2.24, 2.45) is 5.92 Å². The fourth-order valence-electron chi connectivity index (χ4n) is 1.46. The van der Waals surface area contributed by atoms with Crippen LogP contribution < -0.4 is 0 Å². The Hall–Kier alpha value is -1.04. The van der Waals surface area contributed by atoms with Crippen molar-refractivity contribution in [3.63, 3.8) is 0 Å². The molecule has 0 rings (SSSR count). The van der Waals surface area contributed by atoms with Crippen LogP contribution in [0.25, 0.3) is 0 Å². The average Bonchev–Trinajstić information content (AvgIpc) is 2.25. The zero-order valence-electron chi connectivity index (χ0n) is 10.1. The molecule has 0 aromatic heterocycles. The summed E-state index contributed by atoms with van der Waals surface area (Å²) < 4.78 is 0. The Balaban J connectivity index is 3.94. The summed E-state index contributed by atoms with van der Waals surface area (Å²) in [4.78, 5) is 13.5. The van der Waals surface area contributed by atoms with E-state index in [4.69, 9.17) is 5.26 Å². The van der Waals surface area contributed by atoms with Crippen LogP contribution in [0, 0.1) is 17.2 Å². The highest BCUT2D eigenvalue weighted by Gasteiger charge is 2.13. The van der Waals surface area contributed by atoms with Crippen LogP contribution >= 0.6 is 0 Å². The predicted octanol–water partition coefficient (Wildman–Crippen LogP) is 2.57. The lowest BCUT2D eigenvalue weighted by molar-refractivity contribution is -0.131. The van der Waals surface area contributed by atoms with Crippen LogP contribution in [0.15, 0.2) is 0 Å². The van der Waals surface area contributed by atoms with Gasteiger partial charge in [-0.25, -0.2) is 0 Å². The van der Waals surface area contributed by atoms with E-state index in [1.54, 1.807) is 4.90 Å². The van der Waals surface area contributed by atoms with E-state index < -0.39 is 0 Å². The first-order chi connectivity index (χ1) is 7.15. The number of nitriles is 1. The van der Waals surface area contributed by atoms with E-state index in [0.717, 1.165) is 19.3 Å². The fraction of sp³-hybridized carbons (Fsp3) is 0.833. The molecule has 0 N–H and O–H groups in total. The van der Waals surface area contributed by atoms with E-state index in [0.29, 0.717) is 19.5 Å². The Morgan fingerprint density at radius 2 is 2.07 bits per heavy atom. The quantitative estimate of drug-likeness (QED) is 0.606. The van der Waals surface area contributed by atoms with Gasteiger partial charge in [0.05, 0.1) is 12.0 Å². The third kappa shape index (κ3) is 6.11. The summed E-state index contributed by atoms with van der Waals surface area (Å²) in [7, 11) is 0. The van der Waals surface area contributed by atoms with E-state index in [1.165, 1.54) is 0 Å². The highest BCUT2D eigenvalue weighted by molar-refractivity contribution is 5.76. The molecule has 0 aromatic rings. The van der Waals surface area contributed by atoms with Crippen molar-refractivity contribution in [1.82, 2.24) is 4.90 Å². The van der Waals surface area contributed by atoms with Crippen molar-refractivity contribution in [1.29, 1.82) is 5.26 Å². The average molecular weight is 210 g/mol. The van der Waals surface area contributed by atoms with Crippen molar-refractivity contribution in [2.45, 2.75) is 46.5 Å². The SMILES string of the molecule is CCCCCC(=O)N(CC)CC(C)C#N. The van der Waals surface area contributed by atoms with Crippen LogP contribution in [0.2, 0.25) is 0 Å². The van der Waals surface area contributed by atoms with Gasteiger partial charge < -0.3 is 4.90 Å². The zero-order chi connectivity index (χ0) is 11.7. The monoisotopic (exact) mass is 210 g/mol. The Morgan fingerprint density at radius 3 is 2.53 bits per heavy atom. The van der Waals surface area contributed by atoms with Gasteiger partial charge in [-0.05, 0) is 20.3 Å². The molecule has 15 heavy (non-hydrogen) atoms. The Bertz CT molecular complexity index is 220. The molecule has 0 radical (unpaired) electrons. The number of amides is 1. The zero-order valence-corrected chi connectivity index (χ0v) is 10.1. The van der Waals surface area contributed by atoms with Crippen LogP contribution in [0.3, 0.4) is 0 Å². The van der Waals surface area contributed by atoms with E-state index >= 15 is 0 Å². The van der Waals surface area contributed by atoms with Crippen LogP contribution in [0.1, 0.15) is 46.5 Å². The maximum Gasteiger partial charge on any atom is 0.222 e. The molecular formula is C12H22N2O. The first-order valence-electron chi connectivity index (χ1n) is 5.83. The molecule has 0 aromatic carbocycles. The molecule has 3 nitrogen and oxygen atoms in total. The molecule has 0 bridgehead atoms. The summed E-state index contributed by atoms with van der Waals surface area (Å²) >= 11 is 0. The molecule has 0 saturated carbocycles. The second kappa shape index (κ2) is 8.28. The van der Waals surface area contributed by atoms with Gasteiger partial charge in [0, 0.05) is 19.5 Å². The highest BCUT2D eigenvalue weighted by atomic mass is 16.2. The molecule has 0 aliphatic rings. The van der Waals surface area contributed by atoms with Crippen molar-refractivity contribution in [3.8, 4) is 6.07 Å². The second-order valence-corrected chi connectivity index (χ2v) is 3.92. The summed E-state index contributed by atoms with van der Waals surface area (Å²) in [6.07, 6.45) is 3.83. The van der Waals surface area contributed by atoms with Crippen molar-refractivity contribution in [3.05, 3.63) is 0 Å². The van der Waals surface area contributed by atoms with Crippen molar-refractivity contribution < 1.29 is 4.79 Å².